The first-order valence-electron chi connectivity index (χ1n) is 13.0. The molecule has 0 heterocycles. The van der Waals surface area contributed by atoms with Gasteiger partial charge in [0.05, 0.1) is 0 Å². The normalized spacial score (nSPS) is 12.3. The van der Waals surface area contributed by atoms with Gasteiger partial charge >= 0.3 is 10.1 Å². The summed E-state index contributed by atoms with van der Waals surface area (Å²) in [6.07, 6.45) is 19.4. The Bertz CT molecular complexity index is 725. The van der Waals surface area contributed by atoms with E-state index in [0.29, 0.717) is 5.75 Å². The van der Waals surface area contributed by atoms with E-state index in [-0.39, 0.29) is 0 Å². The number of aryl methyl sites for hydroxylation is 1. The van der Waals surface area contributed by atoms with Crippen LogP contribution in [0.2, 0.25) is 0 Å². The molecule has 5 heteroatoms. The molecule has 186 valence electrons. The average molecular weight is 469 g/mol. The molecule has 0 atom stereocenters. The first kappa shape index (κ1) is 29.0. The standard InChI is InChI=1S/C27H48O4S/c1-5-7-9-11-13-15-17-20-24-21-19-23-26(31-27(3,4)32(28,29)30)25(24)22-18-16-14-12-10-8-6-2/h19,21,23H,5-18,20,22H2,1-4H3,(H,28,29,30). The van der Waals surface area contributed by atoms with Gasteiger partial charge in [-0.25, -0.2) is 0 Å². The maximum atomic E-state index is 11.8. The van der Waals surface area contributed by atoms with Crippen LogP contribution in [0.15, 0.2) is 18.2 Å². The Kier molecular flexibility index (Phi) is 14.2. The third kappa shape index (κ3) is 11.2. The Morgan fingerprint density at radius 2 is 1.22 bits per heavy atom. The molecule has 0 spiro atoms. The van der Waals surface area contributed by atoms with Gasteiger partial charge in [-0.3, -0.25) is 4.55 Å². The minimum atomic E-state index is -4.32. The van der Waals surface area contributed by atoms with Crippen molar-refractivity contribution in [2.75, 3.05) is 0 Å². The van der Waals surface area contributed by atoms with Gasteiger partial charge in [-0.1, -0.05) is 103 Å². The lowest BCUT2D eigenvalue weighted by Gasteiger charge is -2.25. The Balaban J connectivity index is 2.78. The van der Waals surface area contributed by atoms with Crippen molar-refractivity contribution in [3.63, 3.8) is 0 Å². The molecule has 0 amide bonds. The van der Waals surface area contributed by atoms with E-state index in [1.165, 1.54) is 96.5 Å². The van der Waals surface area contributed by atoms with E-state index in [9.17, 15) is 13.0 Å². The molecule has 0 radical (unpaired) electrons. The molecule has 0 unspecified atom stereocenters. The number of ether oxygens (including phenoxy) is 1. The van der Waals surface area contributed by atoms with Gasteiger partial charge in [0, 0.05) is 0 Å². The SMILES string of the molecule is CCCCCCCCCc1cccc(OC(C)(C)S(=O)(=O)O)c1CCCCCCCCC. The lowest BCUT2D eigenvalue weighted by molar-refractivity contribution is 0.176. The highest BCUT2D eigenvalue weighted by atomic mass is 32.2. The summed E-state index contributed by atoms with van der Waals surface area (Å²) in [5.41, 5.74) is 2.37. The molecule has 1 aromatic rings. The summed E-state index contributed by atoms with van der Waals surface area (Å²) in [5, 5.41) is 0. The molecule has 0 aliphatic heterocycles. The van der Waals surface area contributed by atoms with Crippen LogP contribution >= 0.6 is 0 Å². The highest BCUT2D eigenvalue weighted by Gasteiger charge is 2.35. The van der Waals surface area contributed by atoms with Crippen molar-refractivity contribution in [3.8, 4) is 5.75 Å². The van der Waals surface area contributed by atoms with Gasteiger partial charge in [0.1, 0.15) is 5.75 Å². The number of unbranched alkanes of at least 4 members (excludes halogenated alkanes) is 12. The lowest BCUT2D eigenvalue weighted by Crippen LogP contribution is -2.38. The van der Waals surface area contributed by atoms with Gasteiger partial charge in [-0.2, -0.15) is 8.42 Å². The summed E-state index contributed by atoms with van der Waals surface area (Å²) >= 11 is 0. The fourth-order valence-electron chi connectivity index (χ4n) is 4.07. The number of hydrogen-bond donors (Lipinski definition) is 1. The zero-order valence-corrected chi connectivity index (χ0v) is 21.9. The first-order valence-corrected chi connectivity index (χ1v) is 14.4. The van der Waals surface area contributed by atoms with E-state index < -0.39 is 15.1 Å². The van der Waals surface area contributed by atoms with E-state index in [1.54, 1.807) is 0 Å². The summed E-state index contributed by atoms with van der Waals surface area (Å²) in [6.45, 7) is 7.29. The van der Waals surface area contributed by atoms with Crippen LogP contribution in [-0.2, 0) is 23.0 Å². The van der Waals surface area contributed by atoms with E-state index in [2.05, 4.69) is 19.9 Å². The number of rotatable bonds is 19. The zero-order chi connectivity index (χ0) is 23.9. The highest BCUT2D eigenvalue weighted by molar-refractivity contribution is 7.87. The van der Waals surface area contributed by atoms with Crippen LogP contribution in [0, 0.1) is 0 Å². The molecule has 0 aliphatic rings. The molecule has 1 N–H and O–H groups in total. The van der Waals surface area contributed by atoms with Crippen molar-refractivity contribution in [3.05, 3.63) is 29.3 Å². The summed E-state index contributed by atoms with van der Waals surface area (Å²) < 4.78 is 39.1. The highest BCUT2D eigenvalue weighted by Crippen LogP contribution is 2.31. The molecular weight excluding hydrogens is 420 g/mol. The van der Waals surface area contributed by atoms with E-state index >= 15 is 0 Å². The van der Waals surface area contributed by atoms with E-state index in [0.717, 1.165) is 31.2 Å². The molecule has 0 saturated carbocycles. The number of hydrogen-bond acceptors (Lipinski definition) is 3. The molecule has 1 aromatic carbocycles. The van der Waals surface area contributed by atoms with Gasteiger partial charge in [-0.05, 0) is 56.7 Å². The Labute approximate surface area is 198 Å². The third-order valence-electron chi connectivity index (χ3n) is 6.29. The summed E-state index contributed by atoms with van der Waals surface area (Å²) in [7, 11) is -4.32. The molecule has 1 rings (SSSR count). The molecule has 0 aliphatic carbocycles. The van der Waals surface area contributed by atoms with Crippen LogP contribution in [-0.4, -0.2) is 17.9 Å². The fourth-order valence-corrected chi connectivity index (χ4v) is 4.27. The van der Waals surface area contributed by atoms with Gasteiger partial charge in [0.2, 0.25) is 4.93 Å². The van der Waals surface area contributed by atoms with Crippen molar-refractivity contribution >= 4 is 10.1 Å². The van der Waals surface area contributed by atoms with Crippen LogP contribution in [0.25, 0.3) is 0 Å². The maximum Gasteiger partial charge on any atom is 0.305 e. The number of benzene rings is 1. The van der Waals surface area contributed by atoms with E-state index in [4.69, 9.17) is 4.74 Å². The molecular formula is C27H48O4S. The Morgan fingerprint density at radius 3 is 1.72 bits per heavy atom. The van der Waals surface area contributed by atoms with Crippen LogP contribution in [0.3, 0.4) is 0 Å². The molecule has 0 bridgehead atoms. The van der Waals surface area contributed by atoms with Crippen LogP contribution < -0.4 is 4.74 Å². The second kappa shape index (κ2) is 15.7. The van der Waals surface area contributed by atoms with Gasteiger partial charge in [0.15, 0.2) is 0 Å². The molecule has 32 heavy (non-hydrogen) atoms. The minimum Gasteiger partial charge on any atom is -0.469 e. The molecule has 0 fully saturated rings. The minimum absolute atomic E-state index is 0.596. The molecule has 0 aromatic heterocycles. The zero-order valence-electron chi connectivity index (χ0n) is 21.1. The quantitative estimate of drug-likeness (QED) is 0.164. The van der Waals surface area contributed by atoms with Crippen LogP contribution in [0.5, 0.6) is 5.75 Å². The van der Waals surface area contributed by atoms with Crippen molar-refractivity contribution in [2.24, 2.45) is 0 Å². The summed E-state index contributed by atoms with van der Waals surface area (Å²) in [4.78, 5) is -1.67. The van der Waals surface area contributed by atoms with Gasteiger partial charge in [-0.15, -0.1) is 0 Å². The maximum absolute atomic E-state index is 11.8. The second-order valence-electron chi connectivity index (χ2n) is 9.61. The molecule has 0 saturated heterocycles. The van der Waals surface area contributed by atoms with Crippen molar-refractivity contribution < 1.29 is 17.7 Å². The summed E-state index contributed by atoms with van der Waals surface area (Å²) in [6, 6.07) is 5.94. The van der Waals surface area contributed by atoms with Crippen molar-refractivity contribution in [1.82, 2.24) is 0 Å². The second-order valence-corrected chi connectivity index (χ2v) is 11.5. The Hall–Kier alpha value is -1.07. The predicted octanol–water partition coefficient (Wildman–Crippen LogP) is 8.28. The van der Waals surface area contributed by atoms with E-state index in [1.807, 2.05) is 12.1 Å². The smallest absolute Gasteiger partial charge is 0.305 e. The topological polar surface area (TPSA) is 63.6 Å². The fraction of sp³-hybridized carbons (Fsp3) is 0.778. The average Bonchev–Trinajstić information content (AvgIpc) is 2.72. The molecule has 4 nitrogen and oxygen atoms in total. The van der Waals surface area contributed by atoms with Crippen molar-refractivity contribution in [2.45, 2.75) is 135 Å². The van der Waals surface area contributed by atoms with Gasteiger partial charge < -0.3 is 4.74 Å². The lowest BCUT2D eigenvalue weighted by atomic mass is 9.95. The predicted molar refractivity (Wildman–Crippen MR) is 136 cm³/mol. The third-order valence-corrected chi connectivity index (χ3v) is 7.61. The van der Waals surface area contributed by atoms with Crippen LogP contribution in [0.1, 0.15) is 129 Å². The van der Waals surface area contributed by atoms with Crippen LogP contribution in [0.4, 0.5) is 0 Å². The first-order chi connectivity index (χ1) is 15.2. The largest absolute Gasteiger partial charge is 0.469 e. The Morgan fingerprint density at radius 1 is 0.750 bits per heavy atom. The monoisotopic (exact) mass is 468 g/mol. The van der Waals surface area contributed by atoms with Crippen molar-refractivity contribution in [1.29, 1.82) is 0 Å². The van der Waals surface area contributed by atoms with Gasteiger partial charge in [0.25, 0.3) is 0 Å². The summed E-state index contributed by atoms with van der Waals surface area (Å²) in [5.74, 6) is 0.596.